The van der Waals surface area contributed by atoms with Gasteiger partial charge in [-0.1, -0.05) is 18.2 Å². The van der Waals surface area contributed by atoms with Crippen LogP contribution in [0.5, 0.6) is 5.75 Å². The molecule has 2 aromatic heterocycles. The number of phenols is 1. The first-order valence-electron chi connectivity index (χ1n) is 6.36. The Hall–Kier alpha value is -2.36. The van der Waals surface area contributed by atoms with Crippen molar-refractivity contribution in [2.75, 3.05) is 0 Å². The summed E-state index contributed by atoms with van der Waals surface area (Å²) in [5.41, 5.74) is 2.68. The molecule has 2 heterocycles. The molecule has 0 fully saturated rings. The van der Waals surface area contributed by atoms with Crippen molar-refractivity contribution in [2.45, 2.75) is 19.9 Å². The van der Waals surface area contributed by atoms with Crippen molar-refractivity contribution in [3.8, 4) is 5.75 Å². The Balaban J connectivity index is 2.08. The van der Waals surface area contributed by atoms with Crippen molar-refractivity contribution in [3.63, 3.8) is 0 Å². The van der Waals surface area contributed by atoms with Gasteiger partial charge >= 0.3 is 0 Å². The largest absolute Gasteiger partial charge is 0.508 e. The van der Waals surface area contributed by atoms with Crippen LogP contribution in [0, 0.1) is 0 Å². The molecule has 0 aliphatic heterocycles. The van der Waals surface area contributed by atoms with E-state index >= 15 is 0 Å². The fraction of sp³-hybridized carbons (Fsp3) is 0.200. The zero-order valence-electron chi connectivity index (χ0n) is 10.7. The van der Waals surface area contributed by atoms with Gasteiger partial charge in [-0.25, -0.2) is 9.97 Å². The lowest BCUT2D eigenvalue weighted by molar-refractivity contribution is 0.468. The molecule has 0 spiro atoms. The van der Waals surface area contributed by atoms with Crippen LogP contribution in [0.2, 0.25) is 0 Å². The smallest absolute Gasteiger partial charge is 0.159 e. The molecular weight excluding hydrogens is 238 g/mol. The van der Waals surface area contributed by atoms with E-state index in [1.165, 1.54) is 0 Å². The van der Waals surface area contributed by atoms with Gasteiger partial charge in [0, 0.05) is 24.7 Å². The van der Waals surface area contributed by atoms with Crippen LogP contribution in [0.4, 0.5) is 0 Å². The topological polar surface area (TPSA) is 50.9 Å². The molecule has 4 nitrogen and oxygen atoms in total. The van der Waals surface area contributed by atoms with E-state index in [0.29, 0.717) is 12.2 Å². The van der Waals surface area contributed by atoms with Crippen molar-refractivity contribution in [1.29, 1.82) is 0 Å². The summed E-state index contributed by atoms with van der Waals surface area (Å²) in [6, 6.07) is 11.2. The number of fused-ring (bicyclic) bond motifs is 1. The Morgan fingerprint density at radius 2 is 2.00 bits per heavy atom. The minimum Gasteiger partial charge on any atom is -0.508 e. The quantitative estimate of drug-likeness (QED) is 0.780. The summed E-state index contributed by atoms with van der Waals surface area (Å²) in [7, 11) is 0. The Morgan fingerprint density at radius 1 is 1.16 bits per heavy atom. The Bertz CT molecular complexity index is 718. The molecule has 4 heteroatoms. The second kappa shape index (κ2) is 4.72. The highest BCUT2D eigenvalue weighted by Crippen LogP contribution is 2.21. The maximum Gasteiger partial charge on any atom is 0.159 e. The maximum absolute atomic E-state index is 9.86. The number of para-hydroxylation sites is 1. The monoisotopic (exact) mass is 253 g/mol. The van der Waals surface area contributed by atoms with Crippen molar-refractivity contribution in [2.24, 2.45) is 0 Å². The van der Waals surface area contributed by atoms with Crippen LogP contribution in [-0.4, -0.2) is 19.6 Å². The molecule has 96 valence electrons. The highest BCUT2D eigenvalue weighted by molar-refractivity contribution is 5.71. The van der Waals surface area contributed by atoms with E-state index in [9.17, 15) is 5.11 Å². The molecule has 0 amide bonds. The van der Waals surface area contributed by atoms with Crippen LogP contribution in [0.15, 0.2) is 42.6 Å². The average molecular weight is 253 g/mol. The lowest BCUT2D eigenvalue weighted by Gasteiger charge is -2.06. The van der Waals surface area contributed by atoms with Crippen LogP contribution in [0.25, 0.3) is 11.2 Å². The van der Waals surface area contributed by atoms with Gasteiger partial charge < -0.3 is 9.67 Å². The van der Waals surface area contributed by atoms with E-state index in [1.807, 2.05) is 30.3 Å². The lowest BCUT2D eigenvalue weighted by atomic mass is 10.1. The number of nitrogens with zero attached hydrogens (tertiary/aromatic N) is 3. The predicted molar refractivity (Wildman–Crippen MR) is 74.1 cm³/mol. The number of rotatable bonds is 3. The van der Waals surface area contributed by atoms with E-state index in [0.717, 1.165) is 29.1 Å². The first kappa shape index (κ1) is 11.7. The zero-order chi connectivity index (χ0) is 13.2. The molecule has 0 aliphatic carbocycles. The molecule has 3 aromatic rings. The number of hydrogen-bond acceptors (Lipinski definition) is 3. The van der Waals surface area contributed by atoms with Crippen LogP contribution >= 0.6 is 0 Å². The van der Waals surface area contributed by atoms with Gasteiger partial charge in [0.25, 0.3) is 0 Å². The zero-order valence-corrected chi connectivity index (χ0v) is 10.7. The van der Waals surface area contributed by atoms with Gasteiger partial charge in [-0.3, -0.25) is 0 Å². The SMILES string of the molecule is CCn1c(Cc2ccccc2O)nc2cccnc21. The number of pyridine rings is 1. The Labute approximate surface area is 111 Å². The number of imidazole rings is 1. The molecule has 3 rings (SSSR count). The lowest BCUT2D eigenvalue weighted by Crippen LogP contribution is -2.03. The number of aromatic hydroxyl groups is 1. The number of benzene rings is 1. The molecule has 19 heavy (non-hydrogen) atoms. The Morgan fingerprint density at radius 3 is 2.79 bits per heavy atom. The van der Waals surface area contributed by atoms with Crippen LogP contribution in [0.3, 0.4) is 0 Å². The molecule has 0 radical (unpaired) electrons. The van der Waals surface area contributed by atoms with E-state index in [2.05, 4.69) is 21.5 Å². The van der Waals surface area contributed by atoms with E-state index in [4.69, 9.17) is 0 Å². The van der Waals surface area contributed by atoms with E-state index < -0.39 is 0 Å². The number of aryl methyl sites for hydroxylation is 1. The summed E-state index contributed by atoms with van der Waals surface area (Å²) < 4.78 is 2.09. The summed E-state index contributed by atoms with van der Waals surface area (Å²) in [4.78, 5) is 8.98. The first-order chi connectivity index (χ1) is 9.29. The summed E-state index contributed by atoms with van der Waals surface area (Å²) in [5, 5.41) is 9.86. The van der Waals surface area contributed by atoms with Crippen LogP contribution < -0.4 is 0 Å². The third kappa shape index (κ3) is 2.05. The van der Waals surface area contributed by atoms with Gasteiger partial charge in [-0.15, -0.1) is 0 Å². The highest BCUT2D eigenvalue weighted by atomic mass is 16.3. The molecule has 0 saturated carbocycles. The van der Waals surface area contributed by atoms with E-state index in [-0.39, 0.29) is 0 Å². The molecule has 0 saturated heterocycles. The third-order valence-corrected chi connectivity index (χ3v) is 3.24. The van der Waals surface area contributed by atoms with Crippen molar-refractivity contribution in [3.05, 3.63) is 54.0 Å². The molecule has 0 aliphatic rings. The summed E-state index contributed by atoms with van der Waals surface area (Å²) in [5.74, 6) is 1.24. The maximum atomic E-state index is 9.86. The molecule has 0 bridgehead atoms. The second-order valence-electron chi connectivity index (χ2n) is 4.42. The minimum atomic E-state index is 0.310. The van der Waals surface area contributed by atoms with Crippen molar-refractivity contribution < 1.29 is 5.11 Å². The summed E-state index contributed by atoms with van der Waals surface area (Å²) in [6.07, 6.45) is 2.39. The van der Waals surface area contributed by atoms with Crippen molar-refractivity contribution >= 4 is 11.2 Å². The first-order valence-corrected chi connectivity index (χ1v) is 6.36. The van der Waals surface area contributed by atoms with Gasteiger partial charge in [-0.05, 0) is 25.1 Å². The fourth-order valence-electron chi connectivity index (χ4n) is 2.30. The van der Waals surface area contributed by atoms with Crippen LogP contribution in [-0.2, 0) is 13.0 Å². The van der Waals surface area contributed by atoms with Gasteiger partial charge in [0.1, 0.15) is 17.1 Å². The van der Waals surface area contributed by atoms with Gasteiger partial charge in [-0.2, -0.15) is 0 Å². The summed E-state index contributed by atoms with van der Waals surface area (Å²) in [6.45, 7) is 2.89. The van der Waals surface area contributed by atoms with Gasteiger partial charge in [0.15, 0.2) is 5.65 Å². The molecule has 1 N–H and O–H groups in total. The fourth-order valence-corrected chi connectivity index (χ4v) is 2.30. The third-order valence-electron chi connectivity index (χ3n) is 3.24. The average Bonchev–Trinajstić information content (AvgIpc) is 2.78. The number of phenolic OH excluding ortho intramolecular Hbond substituents is 1. The van der Waals surface area contributed by atoms with Gasteiger partial charge in [0.05, 0.1) is 0 Å². The minimum absolute atomic E-state index is 0.310. The molecule has 1 aromatic carbocycles. The highest BCUT2D eigenvalue weighted by Gasteiger charge is 2.12. The van der Waals surface area contributed by atoms with Gasteiger partial charge in [0.2, 0.25) is 0 Å². The molecular formula is C15H15N3O. The second-order valence-corrected chi connectivity index (χ2v) is 4.42. The molecule has 0 atom stereocenters. The number of hydrogen-bond donors (Lipinski definition) is 1. The van der Waals surface area contributed by atoms with Crippen LogP contribution in [0.1, 0.15) is 18.3 Å². The predicted octanol–water partition coefficient (Wildman–Crippen LogP) is 2.75. The summed E-state index contributed by atoms with van der Waals surface area (Å²) >= 11 is 0. The molecule has 0 unspecified atom stereocenters. The van der Waals surface area contributed by atoms with Crippen molar-refractivity contribution in [1.82, 2.24) is 14.5 Å². The standard InChI is InChI=1S/C15H15N3O/c1-2-18-14(10-11-6-3-4-8-13(11)19)17-12-7-5-9-16-15(12)18/h3-9,19H,2,10H2,1H3. The normalized spacial score (nSPS) is 11.0. The van der Waals surface area contributed by atoms with E-state index in [1.54, 1.807) is 12.3 Å². The Kier molecular flexibility index (Phi) is 2.91. The number of aromatic nitrogens is 3.